The van der Waals surface area contributed by atoms with E-state index < -0.39 is 5.92 Å². The topological polar surface area (TPSA) is 65.1 Å². The fraction of sp³-hybridized carbons (Fsp3) is 0.500. The molecule has 0 unspecified atom stereocenters. The minimum Gasteiger partial charge on any atom is -0.493 e. The lowest BCUT2D eigenvalue weighted by Gasteiger charge is -2.49. The van der Waals surface area contributed by atoms with Crippen molar-refractivity contribution in [2.45, 2.75) is 79.8 Å². The van der Waals surface area contributed by atoms with Crippen LogP contribution in [0.25, 0.3) is 0 Å². The molecule has 2 aromatic rings. The maximum atomic E-state index is 14.0. The van der Waals surface area contributed by atoms with Gasteiger partial charge >= 0.3 is 0 Å². The largest absolute Gasteiger partial charge is 0.493 e. The summed E-state index contributed by atoms with van der Waals surface area (Å²) in [5.41, 5.74) is 7.70. The first-order valence-electron chi connectivity index (χ1n) is 15.0. The van der Waals surface area contributed by atoms with Crippen molar-refractivity contribution in [3.8, 4) is 11.5 Å². The zero-order valence-electron chi connectivity index (χ0n) is 26.5. The van der Waals surface area contributed by atoms with E-state index in [9.17, 15) is 9.59 Å². The molecule has 2 aliphatic carbocycles. The van der Waals surface area contributed by atoms with E-state index in [1.807, 2.05) is 18.2 Å². The third-order valence-corrected chi connectivity index (χ3v) is 9.03. The van der Waals surface area contributed by atoms with E-state index in [2.05, 4.69) is 64.6 Å². The number of aryl methyl sites for hydroxylation is 2. The van der Waals surface area contributed by atoms with Crippen molar-refractivity contribution in [1.82, 2.24) is 4.90 Å². The van der Waals surface area contributed by atoms with Gasteiger partial charge in [0.2, 0.25) is 0 Å². The van der Waals surface area contributed by atoms with Crippen LogP contribution in [0.2, 0.25) is 0 Å². The average molecular weight is 572 g/mol. The Labute approximate surface area is 250 Å². The second kappa shape index (κ2) is 11.4. The number of hydrogen-bond acceptors (Lipinski definition) is 6. The highest BCUT2D eigenvalue weighted by Gasteiger charge is 2.49. The quantitative estimate of drug-likeness (QED) is 0.333. The number of allylic oxidation sites excluding steroid dienone is 4. The number of methoxy groups -OCH3 is 2. The van der Waals surface area contributed by atoms with Gasteiger partial charge in [0.05, 0.1) is 13.7 Å². The summed E-state index contributed by atoms with van der Waals surface area (Å²) in [6.07, 6.45) is 2.45. The molecule has 1 aliphatic heterocycles. The second-order valence-electron chi connectivity index (χ2n) is 13.8. The molecule has 2 aromatic carbocycles. The van der Waals surface area contributed by atoms with Crippen molar-refractivity contribution in [1.29, 1.82) is 0 Å². The Morgan fingerprint density at radius 3 is 1.95 bits per heavy atom. The molecule has 0 aromatic heterocycles. The van der Waals surface area contributed by atoms with Crippen LogP contribution >= 0.6 is 0 Å². The van der Waals surface area contributed by atoms with Gasteiger partial charge in [0.15, 0.2) is 23.1 Å². The van der Waals surface area contributed by atoms with Crippen LogP contribution in [0.3, 0.4) is 0 Å². The molecular formula is C36H45NO5. The van der Waals surface area contributed by atoms with Crippen molar-refractivity contribution in [3.05, 3.63) is 81.2 Å². The number of hydrogen-bond donors (Lipinski definition) is 0. The van der Waals surface area contributed by atoms with Gasteiger partial charge in [-0.25, -0.2) is 0 Å². The van der Waals surface area contributed by atoms with E-state index in [1.54, 1.807) is 14.2 Å². The van der Waals surface area contributed by atoms with Gasteiger partial charge in [-0.05, 0) is 71.9 Å². The number of carbonyl (C=O) groups is 2. The van der Waals surface area contributed by atoms with Gasteiger partial charge in [0.1, 0.15) is 6.61 Å². The van der Waals surface area contributed by atoms with Crippen LogP contribution in [-0.4, -0.2) is 43.8 Å². The number of ketones is 2. The van der Waals surface area contributed by atoms with E-state index in [-0.39, 0.29) is 22.4 Å². The Bertz CT molecular complexity index is 1420. The summed E-state index contributed by atoms with van der Waals surface area (Å²) in [7, 11) is 3.33. The van der Waals surface area contributed by atoms with Crippen LogP contribution in [0.15, 0.2) is 58.9 Å². The SMILES string of the molecule is COCCN1C2=C(C(=O)CC(C)(C)C2)C(c2ccc(OCc3ccc(C)c(C)c3)c(OC)c2)C2=C1CC(C)(C)CC2=O. The predicted molar refractivity (Wildman–Crippen MR) is 165 cm³/mol. The van der Waals surface area contributed by atoms with E-state index in [0.29, 0.717) is 44.1 Å². The number of carbonyl (C=O) groups excluding carboxylic acids is 2. The van der Waals surface area contributed by atoms with Crippen LogP contribution in [0, 0.1) is 24.7 Å². The molecule has 6 nitrogen and oxygen atoms in total. The maximum Gasteiger partial charge on any atom is 0.162 e. The van der Waals surface area contributed by atoms with E-state index in [4.69, 9.17) is 14.2 Å². The van der Waals surface area contributed by atoms with Crippen molar-refractivity contribution in [2.75, 3.05) is 27.4 Å². The minimum absolute atomic E-state index is 0.117. The van der Waals surface area contributed by atoms with E-state index in [1.165, 1.54) is 11.1 Å². The fourth-order valence-electron chi connectivity index (χ4n) is 6.87. The average Bonchev–Trinajstić information content (AvgIpc) is 2.91. The molecule has 0 bridgehead atoms. The van der Waals surface area contributed by atoms with Gasteiger partial charge < -0.3 is 19.1 Å². The lowest BCUT2D eigenvalue weighted by atomic mass is 9.63. The first-order valence-corrected chi connectivity index (χ1v) is 15.0. The van der Waals surface area contributed by atoms with Gasteiger partial charge in [-0.1, -0.05) is 52.0 Å². The van der Waals surface area contributed by atoms with Gasteiger partial charge in [-0.2, -0.15) is 0 Å². The third-order valence-electron chi connectivity index (χ3n) is 9.03. The van der Waals surface area contributed by atoms with Crippen LogP contribution in [0.1, 0.15) is 81.5 Å². The highest BCUT2D eigenvalue weighted by Crippen LogP contribution is 2.54. The summed E-state index contributed by atoms with van der Waals surface area (Å²) in [5, 5.41) is 0. The van der Waals surface area contributed by atoms with Crippen LogP contribution in [-0.2, 0) is 20.9 Å². The first-order chi connectivity index (χ1) is 19.8. The summed E-state index contributed by atoms with van der Waals surface area (Å²) >= 11 is 0. The van der Waals surface area contributed by atoms with Crippen LogP contribution < -0.4 is 9.47 Å². The summed E-state index contributed by atoms with van der Waals surface area (Å²) in [6.45, 7) is 14.4. The number of benzene rings is 2. The van der Waals surface area contributed by atoms with Crippen molar-refractivity contribution in [3.63, 3.8) is 0 Å². The maximum absolute atomic E-state index is 14.0. The highest BCUT2D eigenvalue weighted by molar-refractivity contribution is 6.06. The summed E-state index contributed by atoms with van der Waals surface area (Å²) in [6, 6.07) is 12.2. The molecule has 5 rings (SSSR count). The number of nitrogens with zero attached hydrogens (tertiary/aromatic N) is 1. The van der Waals surface area contributed by atoms with Crippen LogP contribution in [0.4, 0.5) is 0 Å². The molecule has 0 fully saturated rings. The van der Waals surface area contributed by atoms with Gasteiger partial charge in [0.25, 0.3) is 0 Å². The Balaban J connectivity index is 1.60. The third kappa shape index (κ3) is 5.78. The van der Waals surface area contributed by atoms with Gasteiger partial charge in [0, 0.05) is 55.0 Å². The Morgan fingerprint density at radius 1 is 0.786 bits per heavy atom. The first kappa shape index (κ1) is 30.1. The minimum atomic E-state index is -0.427. The molecule has 0 spiro atoms. The molecule has 1 heterocycles. The molecule has 0 amide bonds. The monoisotopic (exact) mass is 571 g/mol. The van der Waals surface area contributed by atoms with E-state index >= 15 is 0 Å². The number of Topliss-reactive ketones (excluding diaryl/α,β-unsaturated/α-hetero) is 2. The summed E-state index contributed by atoms with van der Waals surface area (Å²) < 4.78 is 17.5. The normalized spacial score (nSPS) is 20.0. The Kier molecular flexibility index (Phi) is 8.14. The predicted octanol–water partition coefficient (Wildman–Crippen LogP) is 7.22. The molecule has 224 valence electrons. The van der Waals surface area contributed by atoms with Crippen molar-refractivity contribution < 1.29 is 23.8 Å². The second-order valence-corrected chi connectivity index (χ2v) is 13.8. The zero-order chi connectivity index (χ0) is 30.4. The number of ether oxygens (including phenoxy) is 3. The van der Waals surface area contributed by atoms with Crippen molar-refractivity contribution >= 4 is 11.6 Å². The molecule has 6 heteroatoms. The van der Waals surface area contributed by atoms with E-state index in [0.717, 1.165) is 46.5 Å². The van der Waals surface area contributed by atoms with Gasteiger partial charge in [-0.3, -0.25) is 9.59 Å². The van der Waals surface area contributed by atoms with Crippen LogP contribution in [0.5, 0.6) is 11.5 Å². The molecule has 0 radical (unpaired) electrons. The zero-order valence-corrected chi connectivity index (χ0v) is 26.5. The molecule has 42 heavy (non-hydrogen) atoms. The molecule has 0 atom stereocenters. The lowest BCUT2D eigenvalue weighted by Crippen LogP contribution is -2.45. The molecule has 0 N–H and O–H groups in total. The number of rotatable bonds is 8. The molecular weight excluding hydrogens is 526 g/mol. The van der Waals surface area contributed by atoms with Gasteiger partial charge in [-0.15, -0.1) is 0 Å². The summed E-state index contributed by atoms with van der Waals surface area (Å²) in [5.74, 6) is 1.03. The van der Waals surface area contributed by atoms with Crippen molar-refractivity contribution in [2.24, 2.45) is 10.8 Å². The highest BCUT2D eigenvalue weighted by atomic mass is 16.5. The Hall–Kier alpha value is -3.38. The molecule has 0 saturated carbocycles. The fourth-order valence-corrected chi connectivity index (χ4v) is 6.87. The Morgan fingerprint density at radius 2 is 1.40 bits per heavy atom. The molecule has 0 saturated heterocycles. The lowest BCUT2D eigenvalue weighted by molar-refractivity contribution is -0.119. The standard InChI is InChI=1S/C36H45NO5/c1-22-9-10-24(15-23(22)2)21-42-30-12-11-25(16-31(30)41-8)32-33-26(17-35(3,4)19-28(33)38)37(13-14-40-7)27-18-36(5,6)20-29(39)34(27)32/h9-12,15-16,32H,13-14,17-21H2,1-8H3. The smallest absolute Gasteiger partial charge is 0.162 e. The molecule has 3 aliphatic rings. The summed E-state index contributed by atoms with van der Waals surface area (Å²) in [4.78, 5) is 30.2.